The van der Waals surface area contributed by atoms with Gasteiger partial charge in [-0.2, -0.15) is 4.98 Å². The highest BCUT2D eigenvalue weighted by molar-refractivity contribution is 5.89. The first kappa shape index (κ1) is 19.2. The lowest BCUT2D eigenvalue weighted by Gasteiger charge is -2.38. The minimum absolute atomic E-state index is 0.134. The van der Waals surface area contributed by atoms with Crippen LogP contribution >= 0.6 is 0 Å². The van der Waals surface area contributed by atoms with Gasteiger partial charge in [0.1, 0.15) is 12.4 Å². The molecule has 1 saturated heterocycles. The van der Waals surface area contributed by atoms with Crippen LogP contribution in [-0.4, -0.2) is 47.9 Å². The Morgan fingerprint density at radius 3 is 2.85 bits per heavy atom. The van der Waals surface area contributed by atoms with E-state index >= 15 is 0 Å². The molecule has 1 aliphatic rings. The van der Waals surface area contributed by atoms with E-state index in [-0.39, 0.29) is 18.1 Å². The Balaban J connectivity index is 1.64. The van der Waals surface area contributed by atoms with Gasteiger partial charge in [-0.25, -0.2) is 4.79 Å². The summed E-state index contributed by atoms with van der Waals surface area (Å²) in [5.41, 5.74) is 0.391. The molecule has 2 amide bonds. The summed E-state index contributed by atoms with van der Waals surface area (Å²) < 4.78 is 15.7. The van der Waals surface area contributed by atoms with E-state index < -0.39 is 0 Å². The zero-order chi connectivity index (χ0) is 19.3. The number of nitrogens with zero attached hydrogens (tertiary/aromatic N) is 3. The van der Waals surface area contributed by atoms with Crippen molar-refractivity contribution in [3.05, 3.63) is 36.0 Å². The van der Waals surface area contributed by atoms with Gasteiger partial charge in [0.15, 0.2) is 5.82 Å². The number of hydrogen-bond acceptors (Lipinski definition) is 6. The van der Waals surface area contributed by atoms with Crippen molar-refractivity contribution in [3.8, 4) is 5.75 Å². The Kier molecular flexibility index (Phi) is 5.95. The monoisotopic (exact) mass is 374 g/mol. The molecule has 0 aliphatic carbocycles. The maximum atomic E-state index is 12.7. The number of likely N-dealkylation sites (tertiary alicyclic amines) is 1. The van der Waals surface area contributed by atoms with Gasteiger partial charge in [0.2, 0.25) is 0 Å². The van der Waals surface area contributed by atoms with Gasteiger partial charge in [0, 0.05) is 31.3 Å². The molecule has 8 heteroatoms. The van der Waals surface area contributed by atoms with Gasteiger partial charge in [0.05, 0.1) is 6.61 Å². The molecule has 0 saturated carbocycles. The Bertz CT molecular complexity index is 761. The van der Waals surface area contributed by atoms with Crippen molar-refractivity contribution in [2.24, 2.45) is 0 Å². The van der Waals surface area contributed by atoms with Crippen LogP contribution in [0.15, 0.2) is 28.8 Å². The van der Waals surface area contributed by atoms with Gasteiger partial charge < -0.3 is 24.2 Å². The minimum Gasteiger partial charge on any atom is -0.494 e. The van der Waals surface area contributed by atoms with E-state index in [1.54, 1.807) is 12.0 Å². The highest BCUT2D eigenvalue weighted by Gasteiger charge is 2.38. The molecule has 0 spiro atoms. The molecule has 1 unspecified atom stereocenters. The molecule has 1 N–H and O–H groups in total. The van der Waals surface area contributed by atoms with Gasteiger partial charge in [-0.3, -0.25) is 0 Å². The number of carbonyl (C=O) groups is 1. The number of nitrogens with one attached hydrogen (secondary N) is 1. The van der Waals surface area contributed by atoms with Gasteiger partial charge in [0.25, 0.3) is 5.89 Å². The van der Waals surface area contributed by atoms with Crippen molar-refractivity contribution in [2.75, 3.05) is 32.1 Å². The number of carbonyl (C=O) groups excluding carboxylic acids is 1. The van der Waals surface area contributed by atoms with Gasteiger partial charge in [-0.05, 0) is 44.0 Å². The van der Waals surface area contributed by atoms with Crippen LogP contribution in [0.3, 0.4) is 0 Å². The maximum Gasteiger partial charge on any atom is 0.321 e. The molecule has 2 aromatic rings. The summed E-state index contributed by atoms with van der Waals surface area (Å²) in [4.78, 5) is 18.9. The fourth-order valence-electron chi connectivity index (χ4n) is 3.28. The average Bonchev–Trinajstić information content (AvgIpc) is 3.14. The van der Waals surface area contributed by atoms with Crippen LogP contribution < -0.4 is 10.1 Å². The Morgan fingerprint density at radius 2 is 2.15 bits per heavy atom. The third-order valence-corrected chi connectivity index (χ3v) is 4.68. The number of ether oxygens (including phenoxy) is 2. The first-order valence-corrected chi connectivity index (χ1v) is 9.15. The summed E-state index contributed by atoms with van der Waals surface area (Å²) in [6, 6.07) is 7.22. The molecule has 8 nitrogen and oxygen atoms in total. The zero-order valence-electron chi connectivity index (χ0n) is 16.0. The molecule has 1 aliphatic heterocycles. The molecular weight excluding hydrogens is 348 g/mol. The van der Waals surface area contributed by atoms with Gasteiger partial charge in [-0.15, -0.1) is 0 Å². The van der Waals surface area contributed by atoms with Crippen LogP contribution in [-0.2, 0) is 16.8 Å². The van der Waals surface area contributed by atoms with E-state index in [1.807, 2.05) is 31.2 Å². The lowest BCUT2D eigenvalue weighted by atomic mass is 9.81. The topological polar surface area (TPSA) is 89.7 Å². The molecule has 1 aromatic heterocycles. The third-order valence-electron chi connectivity index (χ3n) is 4.68. The highest BCUT2D eigenvalue weighted by atomic mass is 16.5. The Labute approximate surface area is 158 Å². The van der Waals surface area contributed by atoms with Crippen molar-refractivity contribution in [3.63, 3.8) is 0 Å². The number of rotatable bonds is 6. The highest BCUT2D eigenvalue weighted by Crippen LogP contribution is 2.32. The second-order valence-corrected chi connectivity index (χ2v) is 6.92. The summed E-state index contributed by atoms with van der Waals surface area (Å²) in [5, 5.41) is 7.04. The molecule has 1 fully saturated rings. The minimum atomic E-state index is -0.343. The number of amides is 2. The van der Waals surface area contributed by atoms with Gasteiger partial charge >= 0.3 is 6.03 Å². The summed E-state index contributed by atoms with van der Waals surface area (Å²) in [5.74, 6) is 1.85. The third kappa shape index (κ3) is 4.57. The Hall–Kier alpha value is -2.61. The smallest absolute Gasteiger partial charge is 0.321 e. The average molecular weight is 374 g/mol. The normalized spacial score (nSPS) is 19.7. The SMILES string of the molecule is CCOc1ccc(NC(=O)N2CCCC(C)(c3noc(COC)n3)C2)cc1. The molecule has 2 heterocycles. The van der Waals surface area contributed by atoms with Gasteiger partial charge in [-0.1, -0.05) is 12.1 Å². The van der Waals surface area contributed by atoms with Crippen LogP contribution in [0.2, 0.25) is 0 Å². The van der Waals surface area contributed by atoms with E-state index in [4.69, 9.17) is 14.0 Å². The van der Waals surface area contributed by atoms with Crippen molar-refractivity contribution in [1.82, 2.24) is 15.0 Å². The Morgan fingerprint density at radius 1 is 1.37 bits per heavy atom. The van der Waals surface area contributed by atoms with Crippen molar-refractivity contribution in [2.45, 2.75) is 38.7 Å². The predicted molar refractivity (Wildman–Crippen MR) is 99.8 cm³/mol. The number of hydrogen-bond donors (Lipinski definition) is 1. The fourth-order valence-corrected chi connectivity index (χ4v) is 3.28. The summed E-state index contributed by atoms with van der Waals surface area (Å²) in [6.45, 7) is 6.12. The summed E-state index contributed by atoms with van der Waals surface area (Å²) in [6.07, 6.45) is 1.77. The second-order valence-electron chi connectivity index (χ2n) is 6.92. The lowest BCUT2D eigenvalue weighted by Crippen LogP contribution is -2.49. The standard InChI is InChI=1S/C19H26N4O4/c1-4-26-15-8-6-14(7-9-15)20-18(24)23-11-5-10-19(2,13-23)17-21-16(12-25-3)27-22-17/h6-9H,4-5,10-13H2,1-3H3,(H,20,24). The van der Waals surface area contributed by atoms with Crippen LogP contribution in [0.1, 0.15) is 38.4 Å². The van der Waals surface area contributed by atoms with Crippen molar-refractivity contribution < 1.29 is 18.8 Å². The quantitative estimate of drug-likeness (QED) is 0.835. The molecule has 1 aromatic carbocycles. The molecule has 1 atom stereocenters. The lowest BCUT2D eigenvalue weighted by molar-refractivity contribution is 0.150. The first-order valence-electron chi connectivity index (χ1n) is 9.15. The molecule has 3 rings (SSSR count). The van der Waals surface area contributed by atoms with Crippen LogP contribution in [0.4, 0.5) is 10.5 Å². The van der Waals surface area contributed by atoms with E-state index in [1.165, 1.54) is 0 Å². The summed E-state index contributed by atoms with van der Waals surface area (Å²) in [7, 11) is 1.58. The van der Waals surface area contributed by atoms with E-state index in [0.717, 1.165) is 24.3 Å². The van der Waals surface area contributed by atoms with Crippen LogP contribution in [0.5, 0.6) is 5.75 Å². The number of piperidine rings is 1. The summed E-state index contributed by atoms with van der Waals surface area (Å²) >= 11 is 0. The second kappa shape index (κ2) is 8.39. The van der Waals surface area contributed by atoms with Crippen molar-refractivity contribution >= 4 is 11.7 Å². The fraction of sp³-hybridized carbons (Fsp3) is 0.526. The molecule has 27 heavy (non-hydrogen) atoms. The molecule has 0 bridgehead atoms. The molecular formula is C19H26N4O4. The van der Waals surface area contributed by atoms with Crippen molar-refractivity contribution in [1.29, 1.82) is 0 Å². The number of aromatic nitrogens is 2. The predicted octanol–water partition coefficient (Wildman–Crippen LogP) is 3.20. The largest absolute Gasteiger partial charge is 0.494 e. The van der Waals surface area contributed by atoms with Crippen LogP contribution in [0.25, 0.3) is 0 Å². The van der Waals surface area contributed by atoms with E-state index in [0.29, 0.717) is 31.4 Å². The number of methoxy groups -OCH3 is 1. The van der Waals surface area contributed by atoms with Crippen LogP contribution in [0, 0.1) is 0 Å². The number of benzene rings is 1. The number of anilines is 1. The molecule has 146 valence electrons. The molecule has 0 radical (unpaired) electrons. The van der Waals surface area contributed by atoms with E-state index in [2.05, 4.69) is 22.4 Å². The zero-order valence-corrected chi connectivity index (χ0v) is 16.0. The number of urea groups is 1. The maximum absolute atomic E-state index is 12.7. The van der Waals surface area contributed by atoms with E-state index in [9.17, 15) is 4.79 Å². The first-order chi connectivity index (χ1) is 13.0.